The molecule has 124 valence electrons. The highest BCUT2D eigenvalue weighted by Gasteiger charge is 2.16. The van der Waals surface area contributed by atoms with Crippen molar-refractivity contribution < 1.29 is 14.3 Å². The number of rotatable bonds is 6. The fraction of sp³-hybridized carbons (Fsp3) is 0.400. The SMILES string of the molecule is COc1cccc(CN(C)C(=O)Cn2nc(C)sc2=O)c1OC. The monoisotopic (exact) mass is 337 g/mol. The lowest BCUT2D eigenvalue weighted by molar-refractivity contribution is -0.131. The summed E-state index contributed by atoms with van der Waals surface area (Å²) in [5, 5.41) is 4.67. The van der Waals surface area contributed by atoms with Gasteiger partial charge in [-0.2, -0.15) is 5.10 Å². The number of hydrogen-bond acceptors (Lipinski definition) is 6. The summed E-state index contributed by atoms with van der Waals surface area (Å²) in [5.41, 5.74) is 0.824. The topological polar surface area (TPSA) is 73.7 Å². The Labute approximate surface area is 138 Å². The van der Waals surface area contributed by atoms with E-state index in [9.17, 15) is 9.59 Å². The van der Waals surface area contributed by atoms with E-state index < -0.39 is 0 Å². The summed E-state index contributed by atoms with van der Waals surface area (Å²) >= 11 is 1.03. The van der Waals surface area contributed by atoms with Gasteiger partial charge in [0.2, 0.25) is 5.91 Å². The molecule has 0 N–H and O–H groups in total. The smallest absolute Gasteiger partial charge is 0.325 e. The van der Waals surface area contributed by atoms with Crippen molar-refractivity contribution in [1.29, 1.82) is 0 Å². The third-order valence-corrected chi connectivity index (χ3v) is 4.07. The summed E-state index contributed by atoms with van der Waals surface area (Å²) < 4.78 is 11.8. The first kappa shape index (κ1) is 17.0. The van der Waals surface area contributed by atoms with Gasteiger partial charge in [0.05, 0.1) is 14.2 Å². The van der Waals surface area contributed by atoms with Gasteiger partial charge in [-0.1, -0.05) is 23.5 Å². The molecule has 23 heavy (non-hydrogen) atoms. The highest BCUT2D eigenvalue weighted by Crippen LogP contribution is 2.31. The van der Waals surface area contributed by atoms with Gasteiger partial charge in [0, 0.05) is 19.2 Å². The maximum atomic E-state index is 12.3. The Balaban J connectivity index is 2.12. The molecule has 1 aromatic heterocycles. The summed E-state index contributed by atoms with van der Waals surface area (Å²) in [5.74, 6) is 0.996. The number of hydrogen-bond donors (Lipinski definition) is 0. The van der Waals surface area contributed by atoms with Gasteiger partial charge in [0.15, 0.2) is 11.5 Å². The van der Waals surface area contributed by atoms with Crippen LogP contribution in [-0.2, 0) is 17.9 Å². The molecule has 0 fully saturated rings. The van der Waals surface area contributed by atoms with Gasteiger partial charge in [-0.3, -0.25) is 9.59 Å². The van der Waals surface area contributed by atoms with Crippen LogP contribution in [0.3, 0.4) is 0 Å². The molecular formula is C15H19N3O4S. The molecule has 0 saturated heterocycles. The van der Waals surface area contributed by atoms with Gasteiger partial charge >= 0.3 is 4.87 Å². The average Bonchev–Trinajstić information content (AvgIpc) is 2.84. The molecule has 7 nitrogen and oxygen atoms in total. The lowest BCUT2D eigenvalue weighted by atomic mass is 10.1. The molecule has 1 aromatic carbocycles. The van der Waals surface area contributed by atoms with Crippen molar-refractivity contribution in [3.8, 4) is 11.5 Å². The molecule has 0 aliphatic carbocycles. The number of carbonyl (C=O) groups is 1. The minimum atomic E-state index is -0.233. The second-order valence-electron chi connectivity index (χ2n) is 4.95. The molecular weight excluding hydrogens is 318 g/mol. The number of aromatic nitrogens is 2. The third kappa shape index (κ3) is 3.89. The van der Waals surface area contributed by atoms with E-state index in [0.29, 0.717) is 23.1 Å². The van der Waals surface area contributed by atoms with E-state index in [1.165, 1.54) is 9.58 Å². The summed E-state index contributed by atoms with van der Waals surface area (Å²) in [4.78, 5) is 25.2. The standard InChI is InChI=1S/C15H19N3O4S/c1-10-16-18(15(20)23-10)9-13(19)17(2)8-11-6-5-7-12(21-3)14(11)22-4/h5-7H,8-9H2,1-4H3. The van der Waals surface area contributed by atoms with Crippen molar-refractivity contribution >= 4 is 17.2 Å². The van der Waals surface area contributed by atoms with Crippen LogP contribution in [0.2, 0.25) is 0 Å². The van der Waals surface area contributed by atoms with E-state index in [2.05, 4.69) is 5.10 Å². The van der Waals surface area contributed by atoms with Crippen molar-refractivity contribution in [3.63, 3.8) is 0 Å². The predicted molar refractivity (Wildman–Crippen MR) is 87.1 cm³/mol. The zero-order valence-electron chi connectivity index (χ0n) is 13.5. The molecule has 2 rings (SSSR count). The van der Waals surface area contributed by atoms with Crippen LogP contribution < -0.4 is 14.3 Å². The number of nitrogens with zero attached hydrogens (tertiary/aromatic N) is 3. The van der Waals surface area contributed by atoms with Crippen molar-refractivity contribution in [3.05, 3.63) is 38.4 Å². The molecule has 0 saturated carbocycles. The molecule has 0 radical (unpaired) electrons. The van der Waals surface area contributed by atoms with Gasteiger partial charge in [-0.15, -0.1) is 0 Å². The fourth-order valence-corrected chi connectivity index (χ4v) is 2.78. The molecule has 0 unspecified atom stereocenters. The Hall–Kier alpha value is -2.35. The Morgan fingerprint density at radius 2 is 2.09 bits per heavy atom. The zero-order valence-corrected chi connectivity index (χ0v) is 14.3. The van der Waals surface area contributed by atoms with E-state index in [1.807, 2.05) is 12.1 Å². The van der Waals surface area contributed by atoms with E-state index >= 15 is 0 Å². The highest BCUT2D eigenvalue weighted by molar-refractivity contribution is 7.08. The van der Waals surface area contributed by atoms with E-state index in [1.54, 1.807) is 34.3 Å². The predicted octanol–water partition coefficient (Wildman–Crippen LogP) is 1.29. The summed E-state index contributed by atoms with van der Waals surface area (Å²) in [6.45, 7) is 2.00. The Bertz CT molecular complexity index is 753. The Kier molecular flexibility index (Phi) is 5.38. The first-order valence-electron chi connectivity index (χ1n) is 6.94. The van der Waals surface area contributed by atoms with Gasteiger partial charge in [-0.05, 0) is 13.0 Å². The van der Waals surface area contributed by atoms with Crippen molar-refractivity contribution in [2.24, 2.45) is 0 Å². The van der Waals surface area contributed by atoms with Gasteiger partial charge in [-0.25, -0.2) is 4.68 Å². The van der Waals surface area contributed by atoms with Crippen LogP contribution in [0.15, 0.2) is 23.0 Å². The second-order valence-corrected chi connectivity index (χ2v) is 6.09. The minimum Gasteiger partial charge on any atom is -0.493 e. The molecule has 0 spiro atoms. The van der Waals surface area contributed by atoms with Gasteiger partial charge in [0.25, 0.3) is 0 Å². The average molecular weight is 337 g/mol. The minimum absolute atomic E-state index is 0.0774. The summed E-state index contributed by atoms with van der Waals surface area (Å²) in [6.07, 6.45) is 0. The van der Waals surface area contributed by atoms with Crippen LogP contribution in [0.25, 0.3) is 0 Å². The van der Waals surface area contributed by atoms with E-state index in [0.717, 1.165) is 16.9 Å². The molecule has 0 atom stereocenters. The first-order valence-corrected chi connectivity index (χ1v) is 7.76. The van der Waals surface area contributed by atoms with Gasteiger partial charge in [0.1, 0.15) is 11.6 Å². The zero-order chi connectivity index (χ0) is 17.0. The molecule has 0 aliphatic rings. The van der Waals surface area contributed by atoms with E-state index in [4.69, 9.17) is 9.47 Å². The number of para-hydroxylation sites is 1. The maximum absolute atomic E-state index is 12.3. The molecule has 0 bridgehead atoms. The number of ether oxygens (including phenoxy) is 2. The normalized spacial score (nSPS) is 10.4. The van der Waals surface area contributed by atoms with Crippen molar-refractivity contribution in [2.75, 3.05) is 21.3 Å². The quantitative estimate of drug-likeness (QED) is 0.794. The molecule has 2 aromatic rings. The van der Waals surface area contributed by atoms with Crippen molar-refractivity contribution in [1.82, 2.24) is 14.7 Å². The van der Waals surface area contributed by atoms with Crippen LogP contribution >= 0.6 is 11.3 Å². The van der Waals surface area contributed by atoms with E-state index in [-0.39, 0.29) is 17.3 Å². The van der Waals surface area contributed by atoms with Gasteiger partial charge < -0.3 is 14.4 Å². The Morgan fingerprint density at radius 3 is 2.65 bits per heavy atom. The summed E-state index contributed by atoms with van der Waals surface area (Å²) in [7, 11) is 4.79. The maximum Gasteiger partial charge on any atom is 0.325 e. The van der Waals surface area contributed by atoms with Crippen LogP contribution in [-0.4, -0.2) is 41.9 Å². The van der Waals surface area contributed by atoms with Crippen LogP contribution in [0.4, 0.5) is 0 Å². The third-order valence-electron chi connectivity index (χ3n) is 3.31. The lowest BCUT2D eigenvalue weighted by Crippen LogP contribution is -2.32. The molecule has 8 heteroatoms. The first-order chi connectivity index (χ1) is 11.0. The number of methoxy groups -OCH3 is 2. The molecule has 1 amide bonds. The number of aryl methyl sites for hydroxylation is 1. The van der Waals surface area contributed by atoms with Crippen LogP contribution in [0.5, 0.6) is 11.5 Å². The summed E-state index contributed by atoms with van der Waals surface area (Å²) in [6, 6.07) is 5.50. The molecule has 1 heterocycles. The number of benzene rings is 1. The van der Waals surface area contributed by atoms with Crippen molar-refractivity contribution in [2.45, 2.75) is 20.0 Å². The number of likely N-dealkylation sites (N-methyl/N-ethyl adjacent to an activating group) is 1. The lowest BCUT2D eigenvalue weighted by Gasteiger charge is -2.19. The highest BCUT2D eigenvalue weighted by atomic mass is 32.1. The molecule has 0 aliphatic heterocycles. The number of carbonyl (C=O) groups excluding carboxylic acids is 1. The largest absolute Gasteiger partial charge is 0.493 e. The number of amides is 1. The van der Waals surface area contributed by atoms with Crippen LogP contribution in [0.1, 0.15) is 10.6 Å². The Morgan fingerprint density at radius 1 is 1.35 bits per heavy atom. The van der Waals surface area contributed by atoms with Crippen LogP contribution in [0, 0.1) is 6.92 Å². The second kappa shape index (κ2) is 7.28. The fourth-order valence-electron chi connectivity index (χ4n) is 2.18.